The molecule has 0 aliphatic rings. The minimum Gasteiger partial charge on any atom is -0.497 e. The van der Waals surface area contributed by atoms with E-state index < -0.39 is 0 Å². The second kappa shape index (κ2) is 6.59. The quantitative estimate of drug-likeness (QED) is 0.713. The van der Waals surface area contributed by atoms with Gasteiger partial charge in [-0.3, -0.25) is 0 Å². The van der Waals surface area contributed by atoms with Crippen LogP contribution in [0, 0.1) is 11.3 Å². The highest BCUT2D eigenvalue weighted by atomic mass is 32.2. The van der Waals surface area contributed by atoms with Gasteiger partial charge in [0.05, 0.1) is 18.3 Å². The number of nitrogens with one attached hydrogen (secondary N) is 1. The molecule has 5 heteroatoms. The van der Waals surface area contributed by atoms with Crippen LogP contribution in [0.2, 0.25) is 0 Å². The van der Waals surface area contributed by atoms with E-state index in [0.717, 1.165) is 33.1 Å². The van der Waals surface area contributed by atoms with Crippen LogP contribution in [0.1, 0.15) is 5.56 Å². The predicted molar refractivity (Wildman–Crippen MR) is 94.5 cm³/mol. The van der Waals surface area contributed by atoms with E-state index in [4.69, 9.17) is 4.74 Å². The smallest absolute Gasteiger partial charge is 0.119 e. The summed E-state index contributed by atoms with van der Waals surface area (Å²) in [6, 6.07) is 17.7. The maximum absolute atomic E-state index is 9.59. The average molecular weight is 321 g/mol. The lowest BCUT2D eigenvalue weighted by Crippen LogP contribution is -1.99. The van der Waals surface area contributed by atoms with Crippen molar-refractivity contribution in [2.75, 3.05) is 18.7 Å². The van der Waals surface area contributed by atoms with Crippen molar-refractivity contribution in [2.24, 2.45) is 0 Å². The summed E-state index contributed by atoms with van der Waals surface area (Å²) in [5.74, 6) is 0.792. The highest BCUT2D eigenvalue weighted by molar-refractivity contribution is 7.98. The number of thioether (sulfide) groups is 1. The lowest BCUT2D eigenvalue weighted by atomic mass is 10.1. The molecule has 1 N–H and O–H groups in total. The van der Waals surface area contributed by atoms with E-state index in [1.54, 1.807) is 7.11 Å². The molecular formula is C18H15N3OS. The number of ether oxygens (including phenoxy) is 1. The number of nitriles is 1. The minimum absolute atomic E-state index is 0.562. The Bertz CT molecular complexity index is 885. The van der Waals surface area contributed by atoms with Crippen molar-refractivity contribution < 1.29 is 4.74 Å². The molecule has 0 fully saturated rings. The molecule has 1 aromatic heterocycles. The summed E-state index contributed by atoms with van der Waals surface area (Å²) in [5.41, 5.74) is 3.11. The van der Waals surface area contributed by atoms with E-state index in [1.807, 2.05) is 54.8 Å². The van der Waals surface area contributed by atoms with Gasteiger partial charge < -0.3 is 10.1 Å². The number of fused-ring (bicyclic) bond motifs is 1. The molecule has 0 atom stereocenters. The van der Waals surface area contributed by atoms with Gasteiger partial charge in [-0.1, -0.05) is 18.2 Å². The number of anilines is 2. The van der Waals surface area contributed by atoms with E-state index in [1.165, 1.54) is 11.8 Å². The average Bonchev–Trinajstić information content (AvgIpc) is 2.62. The van der Waals surface area contributed by atoms with Gasteiger partial charge in [-0.25, -0.2) is 4.98 Å². The third kappa shape index (κ3) is 2.94. The molecule has 0 amide bonds. The van der Waals surface area contributed by atoms with Crippen LogP contribution in [0.5, 0.6) is 5.75 Å². The molecule has 0 unspecified atom stereocenters. The molecule has 2 aromatic carbocycles. The summed E-state index contributed by atoms with van der Waals surface area (Å²) in [4.78, 5) is 4.57. The first kappa shape index (κ1) is 15.2. The Morgan fingerprint density at radius 2 is 1.87 bits per heavy atom. The number of pyridine rings is 1. The van der Waals surface area contributed by atoms with Gasteiger partial charge in [0, 0.05) is 11.1 Å². The normalized spacial score (nSPS) is 10.3. The molecule has 0 aliphatic heterocycles. The van der Waals surface area contributed by atoms with Crippen molar-refractivity contribution in [3.63, 3.8) is 0 Å². The number of nitrogens with zero attached hydrogens (tertiary/aromatic N) is 2. The Labute approximate surface area is 139 Å². The fourth-order valence-electron chi connectivity index (χ4n) is 2.39. The zero-order valence-corrected chi connectivity index (χ0v) is 13.6. The number of para-hydroxylation sites is 1. The Hall–Kier alpha value is -2.71. The van der Waals surface area contributed by atoms with Crippen LogP contribution >= 0.6 is 11.8 Å². The van der Waals surface area contributed by atoms with Gasteiger partial charge in [-0.15, -0.1) is 11.8 Å². The lowest BCUT2D eigenvalue weighted by molar-refractivity contribution is 0.415. The third-order valence-corrected chi connectivity index (χ3v) is 4.21. The molecule has 23 heavy (non-hydrogen) atoms. The van der Waals surface area contributed by atoms with Crippen LogP contribution in [0.25, 0.3) is 10.9 Å². The molecule has 3 aromatic rings. The van der Waals surface area contributed by atoms with Gasteiger partial charge in [0.1, 0.15) is 22.4 Å². The molecular weight excluding hydrogens is 306 g/mol. The lowest BCUT2D eigenvalue weighted by Gasteiger charge is -2.14. The highest BCUT2D eigenvalue weighted by Crippen LogP contribution is 2.34. The Balaban J connectivity index is 2.15. The standard InChI is InChI=1S/C18H15N3OS/c1-22-13-9-7-12(8-10-13)20-17-14-5-3-4-6-16(14)21-18(23-2)15(17)11-19/h3-10H,1-2H3,(H,20,21). The minimum atomic E-state index is 0.562. The predicted octanol–water partition coefficient (Wildman–Crippen LogP) is 4.58. The summed E-state index contributed by atoms with van der Waals surface area (Å²) < 4.78 is 5.18. The first-order valence-corrected chi connectivity index (χ1v) is 8.27. The number of hydrogen-bond acceptors (Lipinski definition) is 5. The van der Waals surface area contributed by atoms with Gasteiger partial charge in [-0.05, 0) is 36.6 Å². The molecule has 3 rings (SSSR count). The van der Waals surface area contributed by atoms with Crippen LogP contribution in [0.3, 0.4) is 0 Å². The summed E-state index contributed by atoms with van der Waals surface area (Å²) in [7, 11) is 1.64. The molecule has 4 nitrogen and oxygen atoms in total. The summed E-state index contributed by atoms with van der Waals surface area (Å²) in [6.07, 6.45) is 1.93. The molecule has 0 saturated heterocycles. The highest BCUT2D eigenvalue weighted by Gasteiger charge is 2.14. The van der Waals surface area contributed by atoms with Gasteiger partial charge in [0.15, 0.2) is 0 Å². The number of rotatable bonds is 4. The van der Waals surface area contributed by atoms with Gasteiger partial charge in [-0.2, -0.15) is 5.26 Å². The van der Waals surface area contributed by atoms with Gasteiger partial charge in [0.25, 0.3) is 0 Å². The topological polar surface area (TPSA) is 57.9 Å². The fourth-order valence-corrected chi connectivity index (χ4v) is 2.93. The summed E-state index contributed by atoms with van der Waals surface area (Å²) >= 11 is 1.47. The number of benzene rings is 2. The van der Waals surface area contributed by atoms with Crippen molar-refractivity contribution in [3.8, 4) is 11.8 Å². The number of aromatic nitrogens is 1. The molecule has 0 radical (unpaired) electrons. The van der Waals surface area contributed by atoms with Crippen molar-refractivity contribution in [2.45, 2.75) is 5.03 Å². The maximum atomic E-state index is 9.59. The Morgan fingerprint density at radius 3 is 2.52 bits per heavy atom. The molecule has 1 heterocycles. The van der Waals surface area contributed by atoms with Crippen molar-refractivity contribution in [1.29, 1.82) is 5.26 Å². The van der Waals surface area contributed by atoms with Gasteiger partial charge in [0.2, 0.25) is 0 Å². The van der Waals surface area contributed by atoms with E-state index in [9.17, 15) is 5.26 Å². The second-order valence-electron chi connectivity index (χ2n) is 4.85. The third-order valence-electron chi connectivity index (χ3n) is 3.52. The Morgan fingerprint density at radius 1 is 1.13 bits per heavy atom. The zero-order valence-electron chi connectivity index (χ0n) is 12.8. The summed E-state index contributed by atoms with van der Waals surface area (Å²) in [5, 5.41) is 14.6. The monoisotopic (exact) mass is 321 g/mol. The number of hydrogen-bond donors (Lipinski definition) is 1. The fraction of sp³-hybridized carbons (Fsp3) is 0.111. The first-order valence-electron chi connectivity index (χ1n) is 7.04. The molecule has 0 aliphatic carbocycles. The SMILES string of the molecule is COc1ccc(Nc2c(C#N)c(SC)nc3ccccc23)cc1. The van der Waals surface area contributed by atoms with E-state index in [2.05, 4.69) is 16.4 Å². The van der Waals surface area contributed by atoms with Crippen molar-refractivity contribution in [1.82, 2.24) is 4.98 Å². The Kier molecular flexibility index (Phi) is 4.35. The molecule has 114 valence electrons. The van der Waals surface area contributed by atoms with Crippen LogP contribution in [-0.4, -0.2) is 18.3 Å². The van der Waals surface area contributed by atoms with E-state index >= 15 is 0 Å². The summed E-state index contributed by atoms with van der Waals surface area (Å²) in [6.45, 7) is 0. The molecule has 0 saturated carbocycles. The first-order chi connectivity index (χ1) is 11.3. The van der Waals surface area contributed by atoms with E-state index in [-0.39, 0.29) is 0 Å². The zero-order chi connectivity index (χ0) is 16.2. The van der Waals surface area contributed by atoms with Crippen LogP contribution in [0.4, 0.5) is 11.4 Å². The van der Waals surface area contributed by atoms with Crippen molar-refractivity contribution >= 4 is 34.0 Å². The largest absolute Gasteiger partial charge is 0.497 e. The van der Waals surface area contributed by atoms with Crippen LogP contribution in [-0.2, 0) is 0 Å². The molecule has 0 spiro atoms. The van der Waals surface area contributed by atoms with Gasteiger partial charge >= 0.3 is 0 Å². The van der Waals surface area contributed by atoms with Crippen molar-refractivity contribution in [3.05, 3.63) is 54.1 Å². The van der Waals surface area contributed by atoms with Crippen LogP contribution < -0.4 is 10.1 Å². The second-order valence-corrected chi connectivity index (χ2v) is 5.65. The molecule has 0 bridgehead atoms. The van der Waals surface area contributed by atoms with E-state index in [0.29, 0.717) is 5.56 Å². The maximum Gasteiger partial charge on any atom is 0.119 e. The van der Waals surface area contributed by atoms with Crippen LogP contribution in [0.15, 0.2) is 53.6 Å². The number of methoxy groups -OCH3 is 1.